The van der Waals surface area contributed by atoms with Crippen LogP contribution in [0.4, 0.5) is 11.4 Å². The standard InChI is InChI=1S/C13H18N2O6/c1-20-8-10(5-6-16)14-11-7-9(13(17)21-2)3-4-12(11)15(18)19/h3-4,7,10,14,16H,5-6,8H2,1-2H3. The van der Waals surface area contributed by atoms with Crippen molar-refractivity contribution in [1.29, 1.82) is 0 Å². The van der Waals surface area contributed by atoms with Gasteiger partial charge in [0.05, 0.1) is 30.2 Å². The zero-order chi connectivity index (χ0) is 15.8. The van der Waals surface area contributed by atoms with E-state index in [1.165, 1.54) is 32.4 Å². The van der Waals surface area contributed by atoms with Gasteiger partial charge in [-0.3, -0.25) is 10.1 Å². The van der Waals surface area contributed by atoms with Crippen molar-refractivity contribution in [3.05, 3.63) is 33.9 Å². The number of rotatable bonds is 8. The molecule has 8 heteroatoms. The summed E-state index contributed by atoms with van der Waals surface area (Å²) in [5.41, 5.74) is 0.214. The van der Waals surface area contributed by atoms with E-state index in [0.717, 1.165) is 0 Å². The van der Waals surface area contributed by atoms with Gasteiger partial charge in [0.1, 0.15) is 5.69 Å². The summed E-state index contributed by atoms with van der Waals surface area (Å²) < 4.78 is 9.58. The zero-order valence-electron chi connectivity index (χ0n) is 11.9. The average molecular weight is 298 g/mol. The lowest BCUT2D eigenvalue weighted by Crippen LogP contribution is -2.26. The summed E-state index contributed by atoms with van der Waals surface area (Å²) in [7, 11) is 2.72. The molecular weight excluding hydrogens is 280 g/mol. The maximum atomic E-state index is 11.5. The SMILES string of the molecule is COCC(CCO)Nc1cc(C(=O)OC)ccc1[N+](=O)[O-]. The molecule has 1 unspecified atom stereocenters. The minimum Gasteiger partial charge on any atom is -0.465 e. The van der Waals surface area contributed by atoms with Crippen LogP contribution in [0.3, 0.4) is 0 Å². The first-order valence-corrected chi connectivity index (χ1v) is 6.26. The van der Waals surface area contributed by atoms with Gasteiger partial charge in [-0.1, -0.05) is 0 Å². The van der Waals surface area contributed by atoms with Crippen LogP contribution in [0, 0.1) is 10.1 Å². The third-order valence-corrected chi connectivity index (χ3v) is 2.82. The van der Waals surface area contributed by atoms with E-state index < -0.39 is 10.9 Å². The highest BCUT2D eigenvalue weighted by molar-refractivity contribution is 5.91. The number of aliphatic hydroxyl groups is 1. The van der Waals surface area contributed by atoms with Crippen LogP contribution in [0.15, 0.2) is 18.2 Å². The first-order valence-electron chi connectivity index (χ1n) is 6.26. The highest BCUT2D eigenvalue weighted by Gasteiger charge is 2.19. The molecular formula is C13H18N2O6. The predicted octanol–water partition coefficient (Wildman–Crippen LogP) is 1.19. The third kappa shape index (κ3) is 4.69. The fraction of sp³-hybridized carbons (Fsp3) is 0.462. The number of anilines is 1. The van der Waals surface area contributed by atoms with Crippen molar-refractivity contribution in [3.8, 4) is 0 Å². The number of nitrogens with zero attached hydrogens (tertiary/aromatic N) is 1. The predicted molar refractivity (Wildman–Crippen MR) is 75.4 cm³/mol. The molecule has 0 aliphatic rings. The second kappa shape index (κ2) is 8.18. The van der Waals surface area contributed by atoms with Crippen LogP contribution >= 0.6 is 0 Å². The number of hydrogen-bond donors (Lipinski definition) is 2. The summed E-state index contributed by atoms with van der Waals surface area (Å²) in [6.45, 7) is 0.172. The number of ether oxygens (including phenoxy) is 2. The normalized spacial score (nSPS) is 11.8. The first-order chi connectivity index (χ1) is 10.0. The minimum absolute atomic E-state index is 0.0917. The highest BCUT2D eigenvalue weighted by Crippen LogP contribution is 2.27. The molecule has 2 N–H and O–H groups in total. The van der Waals surface area contributed by atoms with Crippen LogP contribution in [-0.2, 0) is 9.47 Å². The number of carbonyl (C=O) groups excluding carboxylic acids is 1. The van der Waals surface area contributed by atoms with Crippen LogP contribution in [0.2, 0.25) is 0 Å². The fourth-order valence-electron chi connectivity index (χ4n) is 1.83. The van der Waals surface area contributed by atoms with Crippen molar-refractivity contribution < 1.29 is 24.3 Å². The molecule has 0 fully saturated rings. The van der Waals surface area contributed by atoms with Gasteiger partial charge in [-0.25, -0.2) is 4.79 Å². The van der Waals surface area contributed by atoms with Gasteiger partial charge < -0.3 is 19.9 Å². The molecule has 21 heavy (non-hydrogen) atoms. The summed E-state index contributed by atoms with van der Waals surface area (Å²) in [6, 6.07) is 3.60. The van der Waals surface area contributed by atoms with Crippen molar-refractivity contribution in [2.75, 3.05) is 32.8 Å². The lowest BCUT2D eigenvalue weighted by molar-refractivity contribution is -0.384. The molecule has 0 spiro atoms. The van der Waals surface area contributed by atoms with Gasteiger partial charge in [-0.2, -0.15) is 0 Å². The summed E-state index contributed by atoms with van der Waals surface area (Å²) in [5.74, 6) is -0.585. The van der Waals surface area contributed by atoms with Gasteiger partial charge in [0.15, 0.2) is 0 Å². The van der Waals surface area contributed by atoms with Crippen LogP contribution < -0.4 is 5.32 Å². The van der Waals surface area contributed by atoms with Gasteiger partial charge >= 0.3 is 5.97 Å². The molecule has 0 aromatic heterocycles. The minimum atomic E-state index is -0.585. The topological polar surface area (TPSA) is 111 Å². The molecule has 0 saturated carbocycles. The zero-order valence-corrected chi connectivity index (χ0v) is 11.9. The third-order valence-electron chi connectivity index (χ3n) is 2.82. The van der Waals surface area contributed by atoms with E-state index in [9.17, 15) is 14.9 Å². The van der Waals surface area contributed by atoms with E-state index in [1.807, 2.05) is 0 Å². The number of nitro groups is 1. The number of nitrogens with one attached hydrogen (secondary N) is 1. The van der Waals surface area contributed by atoms with E-state index in [1.54, 1.807) is 0 Å². The summed E-state index contributed by atoms with van der Waals surface area (Å²) in [5, 5.41) is 23.0. The van der Waals surface area contributed by atoms with Crippen molar-refractivity contribution >= 4 is 17.3 Å². The van der Waals surface area contributed by atoms with E-state index in [0.29, 0.717) is 6.42 Å². The number of benzene rings is 1. The van der Waals surface area contributed by atoms with E-state index in [-0.39, 0.29) is 36.2 Å². The lowest BCUT2D eigenvalue weighted by atomic mass is 10.1. The Balaban J connectivity index is 3.10. The monoisotopic (exact) mass is 298 g/mol. The number of aliphatic hydroxyl groups excluding tert-OH is 1. The maximum Gasteiger partial charge on any atom is 0.337 e. The lowest BCUT2D eigenvalue weighted by Gasteiger charge is -2.18. The van der Waals surface area contributed by atoms with Gasteiger partial charge in [0.25, 0.3) is 5.69 Å². The smallest absolute Gasteiger partial charge is 0.337 e. The van der Waals surface area contributed by atoms with Crippen molar-refractivity contribution in [2.24, 2.45) is 0 Å². The van der Waals surface area contributed by atoms with Crippen LogP contribution in [-0.4, -0.2) is 49.5 Å². The number of carbonyl (C=O) groups is 1. The second-order valence-corrected chi connectivity index (χ2v) is 4.29. The van der Waals surface area contributed by atoms with Crippen molar-refractivity contribution in [1.82, 2.24) is 0 Å². The Morgan fingerprint density at radius 3 is 2.71 bits per heavy atom. The molecule has 116 valence electrons. The molecule has 8 nitrogen and oxygen atoms in total. The Kier molecular flexibility index (Phi) is 6.57. The van der Waals surface area contributed by atoms with Gasteiger partial charge in [-0.15, -0.1) is 0 Å². The van der Waals surface area contributed by atoms with Crippen molar-refractivity contribution in [2.45, 2.75) is 12.5 Å². The van der Waals surface area contributed by atoms with Crippen LogP contribution in [0.25, 0.3) is 0 Å². The number of esters is 1. The molecule has 1 aromatic rings. The molecule has 0 heterocycles. The number of methoxy groups -OCH3 is 2. The van der Waals surface area contributed by atoms with Crippen LogP contribution in [0.5, 0.6) is 0 Å². The molecule has 0 aliphatic heterocycles. The molecule has 1 rings (SSSR count). The molecule has 0 aliphatic carbocycles. The molecule has 0 bridgehead atoms. The fourth-order valence-corrected chi connectivity index (χ4v) is 1.83. The van der Waals surface area contributed by atoms with Gasteiger partial charge in [0, 0.05) is 19.8 Å². The first kappa shape index (κ1) is 16.9. The van der Waals surface area contributed by atoms with E-state index in [4.69, 9.17) is 9.84 Å². The molecule has 0 amide bonds. The summed E-state index contributed by atoms with van der Waals surface area (Å²) >= 11 is 0. The Morgan fingerprint density at radius 1 is 1.48 bits per heavy atom. The quantitative estimate of drug-likeness (QED) is 0.421. The van der Waals surface area contributed by atoms with E-state index >= 15 is 0 Å². The largest absolute Gasteiger partial charge is 0.465 e. The summed E-state index contributed by atoms with van der Waals surface area (Å²) in [6.07, 6.45) is 0.355. The molecule has 0 radical (unpaired) electrons. The Morgan fingerprint density at radius 2 is 2.19 bits per heavy atom. The van der Waals surface area contributed by atoms with Crippen LogP contribution in [0.1, 0.15) is 16.8 Å². The Hall–Kier alpha value is -2.19. The highest BCUT2D eigenvalue weighted by atomic mass is 16.6. The van der Waals surface area contributed by atoms with Crippen molar-refractivity contribution in [3.63, 3.8) is 0 Å². The van der Waals surface area contributed by atoms with Gasteiger partial charge in [0.2, 0.25) is 0 Å². The summed E-state index contributed by atoms with van der Waals surface area (Å²) in [4.78, 5) is 22.0. The maximum absolute atomic E-state index is 11.5. The van der Waals surface area contributed by atoms with Gasteiger partial charge in [-0.05, 0) is 18.6 Å². The second-order valence-electron chi connectivity index (χ2n) is 4.29. The molecule has 1 atom stereocenters. The Labute approximate surface area is 121 Å². The molecule has 0 saturated heterocycles. The van der Waals surface area contributed by atoms with E-state index in [2.05, 4.69) is 10.1 Å². The number of nitro benzene ring substituents is 1. The molecule has 1 aromatic carbocycles. The number of hydrogen-bond acceptors (Lipinski definition) is 7. The average Bonchev–Trinajstić information content (AvgIpc) is 2.46. The Bertz CT molecular complexity index is 499.